The molecule has 0 saturated heterocycles. The maximum Gasteiger partial charge on any atom is 0.217 e. The molecule has 0 aliphatic rings. The Kier molecular flexibility index (Phi) is 4.01. The molecule has 3 aromatic rings. The maximum absolute atomic E-state index is 14.7. The fourth-order valence-corrected chi connectivity index (χ4v) is 2.96. The van der Waals surface area contributed by atoms with Crippen molar-refractivity contribution in [3.63, 3.8) is 0 Å². The van der Waals surface area contributed by atoms with Gasteiger partial charge in [0.1, 0.15) is 28.2 Å². The summed E-state index contributed by atoms with van der Waals surface area (Å²) >= 11 is 0.547. The summed E-state index contributed by atoms with van der Waals surface area (Å²) in [6.45, 7) is 3.59. The average Bonchev–Trinajstić information content (AvgIpc) is 2.89. The van der Waals surface area contributed by atoms with Gasteiger partial charge < -0.3 is 0 Å². The van der Waals surface area contributed by atoms with Crippen molar-refractivity contribution in [2.24, 2.45) is 0 Å². The number of nitrogens with zero attached hydrogens (tertiary/aromatic N) is 3. The van der Waals surface area contributed by atoms with E-state index in [0.717, 1.165) is 22.6 Å². The lowest BCUT2D eigenvalue weighted by Gasteiger charge is -2.10. The van der Waals surface area contributed by atoms with Gasteiger partial charge in [0.25, 0.3) is 0 Å². The number of hydrogen-bond acceptors (Lipinski definition) is 3. The first-order chi connectivity index (χ1) is 10.9. The van der Waals surface area contributed by atoms with E-state index < -0.39 is 28.3 Å². The van der Waals surface area contributed by atoms with E-state index in [0.29, 0.717) is 23.7 Å². The van der Waals surface area contributed by atoms with Crippen LogP contribution in [-0.4, -0.2) is 14.6 Å². The Labute approximate surface area is 133 Å². The third-order valence-electron chi connectivity index (χ3n) is 3.19. The fourth-order valence-electron chi connectivity index (χ4n) is 2.12. The summed E-state index contributed by atoms with van der Waals surface area (Å²) in [4.78, 5) is -0.479. The molecule has 8 heteroatoms. The molecule has 3 rings (SSSR count). The van der Waals surface area contributed by atoms with Crippen LogP contribution >= 0.6 is 11.8 Å². The van der Waals surface area contributed by atoms with Gasteiger partial charge in [0.05, 0.1) is 0 Å². The number of fused-ring (bicyclic) bond motifs is 1. The van der Waals surface area contributed by atoms with Crippen molar-refractivity contribution < 1.29 is 17.6 Å². The smallest absolute Gasteiger partial charge is 0.217 e. The van der Waals surface area contributed by atoms with Gasteiger partial charge in [0, 0.05) is 22.9 Å². The van der Waals surface area contributed by atoms with Crippen LogP contribution in [0.2, 0.25) is 0 Å². The van der Waals surface area contributed by atoms with Gasteiger partial charge in [-0.1, -0.05) is 25.6 Å². The van der Waals surface area contributed by atoms with Crippen molar-refractivity contribution in [1.29, 1.82) is 0 Å². The van der Waals surface area contributed by atoms with E-state index in [-0.39, 0.29) is 16.5 Å². The van der Waals surface area contributed by atoms with Crippen LogP contribution in [0.25, 0.3) is 5.65 Å². The fraction of sp³-hybridized carbons (Fsp3) is 0.200. The first kappa shape index (κ1) is 15.8. The first-order valence-electron chi connectivity index (χ1n) is 6.74. The van der Waals surface area contributed by atoms with Gasteiger partial charge in [-0.2, -0.15) is 4.39 Å². The normalized spacial score (nSPS) is 11.6. The predicted molar refractivity (Wildman–Crippen MR) is 77.5 cm³/mol. The lowest BCUT2D eigenvalue weighted by molar-refractivity contribution is 0.491. The van der Waals surface area contributed by atoms with E-state index >= 15 is 0 Å². The molecule has 0 aliphatic carbocycles. The summed E-state index contributed by atoms with van der Waals surface area (Å²) in [5, 5.41) is 7.59. The van der Waals surface area contributed by atoms with Crippen LogP contribution in [-0.2, 0) is 0 Å². The van der Waals surface area contributed by atoms with Crippen LogP contribution in [0, 0.1) is 23.4 Å². The van der Waals surface area contributed by atoms with Crippen LogP contribution in [0.1, 0.15) is 25.6 Å². The number of pyridine rings is 1. The van der Waals surface area contributed by atoms with Gasteiger partial charge in [0.15, 0.2) is 5.65 Å². The van der Waals surface area contributed by atoms with Crippen molar-refractivity contribution in [2.75, 3.05) is 0 Å². The molecule has 23 heavy (non-hydrogen) atoms. The number of rotatable bonds is 3. The number of benzene rings is 1. The molecule has 1 aromatic carbocycles. The van der Waals surface area contributed by atoms with E-state index in [1.807, 2.05) is 0 Å². The van der Waals surface area contributed by atoms with Crippen LogP contribution in [0.4, 0.5) is 17.6 Å². The molecule has 0 bridgehead atoms. The van der Waals surface area contributed by atoms with Crippen molar-refractivity contribution in [3.05, 3.63) is 53.5 Å². The van der Waals surface area contributed by atoms with E-state index in [4.69, 9.17) is 0 Å². The third kappa shape index (κ3) is 2.78. The van der Waals surface area contributed by atoms with Gasteiger partial charge >= 0.3 is 0 Å². The third-order valence-corrected chi connectivity index (χ3v) is 4.31. The molecule has 2 aromatic heterocycles. The second kappa shape index (κ2) is 5.84. The quantitative estimate of drug-likeness (QED) is 0.517. The number of halogens is 4. The Morgan fingerprint density at radius 1 is 1.00 bits per heavy atom. The minimum Gasteiger partial charge on any atom is -0.253 e. The van der Waals surface area contributed by atoms with Crippen LogP contribution in [0.3, 0.4) is 0 Å². The zero-order valence-corrected chi connectivity index (χ0v) is 13.0. The van der Waals surface area contributed by atoms with Crippen molar-refractivity contribution in [1.82, 2.24) is 14.6 Å². The summed E-state index contributed by atoms with van der Waals surface area (Å²) in [5.41, 5.74) is 0.0348. The zero-order valence-electron chi connectivity index (χ0n) is 12.1. The standard InChI is InChI=1S/C15H11F4N3S/c1-7(2)15-21-20-12-6-10(18)13(14(19)22(12)15)23-11-4-3-8(16)5-9(11)17/h3-7H,1-2H3. The molecule has 0 unspecified atom stereocenters. The zero-order chi connectivity index (χ0) is 16.7. The average molecular weight is 341 g/mol. The van der Waals surface area contributed by atoms with Gasteiger partial charge in [-0.15, -0.1) is 10.2 Å². The molecular weight excluding hydrogens is 330 g/mol. The van der Waals surface area contributed by atoms with Crippen molar-refractivity contribution in [2.45, 2.75) is 29.6 Å². The Hall–Kier alpha value is -2.09. The summed E-state index contributed by atoms with van der Waals surface area (Å²) in [6.07, 6.45) is 0. The van der Waals surface area contributed by atoms with E-state index in [1.165, 1.54) is 0 Å². The minimum atomic E-state index is -0.914. The predicted octanol–water partition coefficient (Wildman–Crippen LogP) is 4.56. The molecule has 0 radical (unpaired) electrons. The van der Waals surface area contributed by atoms with Crippen LogP contribution < -0.4 is 0 Å². The molecule has 0 fully saturated rings. The summed E-state index contributed by atoms with van der Waals surface area (Å²) in [6, 6.07) is 3.85. The molecule has 0 N–H and O–H groups in total. The molecule has 2 heterocycles. The van der Waals surface area contributed by atoms with Crippen LogP contribution in [0.5, 0.6) is 0 Å². The second-order valence-corrected chi connectivity index (χ2v) is 6.25. The number of aromatic nitrogens is 3. The molecular formula is C15H11F4N3S. The Morgan fingerprint density at radius 3 is 2.39 bits per heavy atom. The highest BCUT2D eigenvalue weighted by Gasteiger charge is 2.21. The molecule has 0 aliphatic heterocycles. The maximum atomic E-state index is 14.7. The molecule has 120 valence electrons. The Bertz CT molecular complexity index is 892. The van der Waals surface area contributed by atoms with Gasteiger partial charge in [-0.3, -0.25) is 4.40 Å². The number of hydrogen-bond donors (Lipinski definition) is 0. The monoisotopic (exact) mass is 341 g/mol. The summed E-state index contributed by atoms with van der Waals surface area (Å²) in [5.74, 6) is -3.25. The van der Waals surface area contributed by atoms with Gasteiger partial charge in [0.2, 0.25) is 5.95 Å². The molecule has 0 spiro atoms. The van der Waals surface area contributed by atoms with E-state index in [9.17, 15) is 17.6 Å². The van der Waals surface area contributed by atoms with Gasteiger partial charge in [-0.05, 0) is 12.1 Å². The SMILES string of the molecule is CC(C)c1nnc2cc(F)c(Sc3ccc(F)cc3F)c(F)n12. The van der Waals surface area contributed by atoms with E-state index in [2.05, 4.69) is 10.2 Å². The first-order valence-corrected chi connectivity index (χ1v) is 7.56. The highest BCUT2D eigenvalue weighted by atomic mass is 32.2. The van der Waals surface area contributed by atoms with E-state index in [1.54, 1.807) is 13.8 Å². The second-order valence-electron chi connectivity index (χ2n) is 5.20. The molecule has 0 saturated carbocycles. The largest absolute Gasteiger partial charge is 0.253 e. The van der Waals surface area contributed by atoms with Gasteiger partial charge in [-0.25, -0.2) is 13.2 Å². The summed E-state index contributed by atoms with van der Waals surface area (Å²) < 4.78 is 56.6. The molecule has 0 amide bonds. The molecule has 3 nitrogen and oxygen atoms in total. The summed E-state index contributed by atoms with van der Waals surface area (Å²) in [7, 11) is 0. The topological polar surface area (TPSA) is 30.2 Å². The molecule has 0 atom stereocenters. The lowest BCUT2D eigenvalue weighted by Crippen LogP contribution is -2.04. The van der Waals surface area contributed by atoms with Crippen LogP contribution in [0.15, 0.2) is 34.1 Å². The Morgan fingerprint density at radius 2 is 1.74 bits per heavy atom. The van der Waals surface area contributed by atoms with Crippen molar-refractivity contribution in [3.8, 4) is 0 Å². The minimum absolute atomic E-state index is 0.0348. The highest BCUT2D eigenvalue weighted by molar-refractivity contribution is 7.99. The highest BCUT2D eigenvalue weighted by Crippen LogP contribution is 2.35. The Balaban J connectivity index is 2.15. The van der Waals surface area contributed by atoms with Crippen molar-refractivity contribution >= 4 is 17.4 Å². The lowest BCUT2D eigenvalue weighted by atomic mass is 10.2.